The normalized spacial score (nSPS) is 10.9. The minimum Gasteiger partial charge on any atom is -0.466 e. The number of pyridine rings is 1. The second-order valence-corrected chi connectivity index (χ2v) is 11.1. The second kappa shape index (κ2) is 11.9. The van der Waals surface area contributed by atoms with Crippen molar-refractivity contribution in [2.45, 2.75) is 37.2 Å². The van der Waals surface area contributed by atoms with Gasteiger partial charge in [-0.2, -0.15) is 4.57 Å². The van der Waals surface area contributed by atoms with Crippen molar-refractivity contribution in [3.05, 3.63) is 111 Å². The van der Waals surface area contributed by atoms with Gasteiger partial charge in [0, 0.05) is 28.5 Å². The van der Waals surface area contributed by atoms with Crippen LogP contribution in [0.2, 0.25) is 5.02 Å². The third-order valence-corrected chi connectivity index (χ3v) is 8.54. The van der Waals surface area contributed by atoms with Crippen molar-refractivity contribution in [1.82, 2.24) is 0 Å². The highest BCUT2D eigenvalue weighted by Gasteiger charge is 2.31. The summed E-state index contributed by atoms with van der Waals surface area (Å²) in [7, 11) is 0. The predicted molar refractivity (Wildman–Crippen MR) is 147 cm³/mol. The van der Waals surface area contributed by atoms with Crippen LogP contribution >= 0.6 is 34.7 Å². The van der Waals surface area contributed by atoms with Crippen molar-refractivity contribution in [1.29, 1.82) is 0 Å². The number of thiophene rings is 1. The Labute approximate surface area is 224 Å². The molecular formula is C29H27ClNO3S2+. The van der Waals surface area contributed by atoms with Gasteiger partial charge >= 0.3 is 5.97 Å². The standard InChI is InChI=1S/C29H27ClNO3S2/c1-4-34-25(32)17-24-26(31-15-13-19(2)14-16-31)29(35-18-22-8-6-5-7-20(22)3)36-28(24)27(33)21-9-11-23(30)12-10-21/h5-16H,4,17-18H2,1-3H3/q+1. The van der Waals surface area contributed by atoms with Crippen molar-refractivity contribution in [2.75, 3.05) is 6.61 Å². The molecule has 4 rings (SSSR count). The minimum absolute atomic E-state index is 0.0140. The van der Waals surface area contributed by atoms with Crippen LogP contribution in [0.4, 0.5) is 0 Å². The van der Waals surface area contributed by atoms with Gasteiger partial charge in [0.2, 0.25) is 11.5 Å². The van der Waals surface area contributed by atoms with Gasteiger partial charge in [0.15, 0.2) is 12.4 Å². The van der Waals surface area contributed by atoms with E-state index in [1.54, 1.807) is 43.0 Å². The fourth-order valence-electron chi connectivity index (χ4n) is 3.79. The van der Waals surface area contributed by atoms with Crippen LogP contribution in [0.1, 0.15) is 44.4 Å². The first-order valence-electron chi connectivity index (χ1n) is 11.6. The van der Waals surface area contributed by atoms with Gasteiger partial charge in [-0.25, -0.2) is 0 Å². The summed E-state index contributed by atoms with van der Waals surface area (Å²) >= 11 is 9.16. The van der Waals surface area contributed by atoms with E-state index in [9.17, 15) is 9.59 Å². The highest BCUT2D eigenvalue weighted by atomic mass is 35.5. The highest BCUT2D eigenvalue weighted by Crippen LogP contribution is 2.40. The molecule has 0 saturated heterocycles. The number of ketones is 1. The maximum absolute atomic E-state index is 13.7. The van der Waals surface area contributed by atoms with Crippen LogP contribution in [-0.2, 0) is 21.7 Å². The quantitative estimate of drug-likeness (QED) is 0.101. The number of aromatic nitrogens is 1. The summed E-state index contributed by atoms with van der Waals surface area (Å²) in [6.07, 6.45) is 3.96. The summed E-state index contributed by atoms with van der Waals surface area (Å²) in [5.74, 6) is 0.262. The Hall–Kier alpha value is -2.93. The molecule has 2 aromatic carbocycles. The van der Waals surface area contributed by atoms with Gasteiger partial charge in [0.05, 0.1) is 23.5 Å². The molecule has 0 N–H and O–H groups in total. The van der Waals surface area contributed by atoms with E-state index < -0.39 is 0 Å². The summed E-state index contributed by atoms with van der Waals surface area (Å²) in [4.78, 5) is 26.9. The summed E-state index contributed by atoms with van der Waals surface area (Å²) in [5, 5.41) is 0.565. The number of carbonyl (C=O) groups excluding carboxylic acids is 2. The molecule has 0 bridgehead atoms. The second-order valence-electron chi connectivity index (χ2n) is 8.36. The van der Waals surface area contributed by atoms with E-state index in [4.69, 9.17) is 16.3 Å². The number of carbonyl (C=O) groups is 2. The van der Waals surface area contributed by atoms with E-state index in [0.717, 1.165) is 21.2 Å². The van der Waals surface area contributed by atoms with Gasteiger partial charge in [-0.15, -0.1) is 23.1 Å². The molecule has 2 aromatic heterocycles. The number of ether oxygens (including phenoxy) is 1. The molecule has 0 unspecified atom stereocenters. The van der Waals surface area contributed by atoms with Crippen molar-refractivity contribution in [2.24, 2.45) is 0 Å². The zero-order valence-electron chi connectivity index (χ0n) is 20.4. The molecule has 0 spiro atoms. The number of esters is 1. The molecule has 0 atom stereocenters. The molecule has 184 valence electrons. The molecular weight excluding hydrogens is 510 g/mol. The lowest BCUT2D eigenvalue weighted by atomic mass is 10.0. The third-order valence-electron chi connectivity index (χ3n) is 5.76. The molecule has 0 fully saturated rings. The van der Waals surface area contributed by atoms with Crippen LogP contribution in [0.15, 0.2) is 77.3 Å². The number of hydrogen-bond donors (Lipinski definition) is 0. The number of aryl methyl sites for hydroxylation is 2. The zero-order valence-corrected chi connectivity index (χ0v) is 22.8. The van der Waals surface area contributed by atoms with Gasteiger partial charge in [-0.3, -0.25) is 9.59 Å². The van der Waals surface area contributed by atoms with Crippen molar-refractivity contribution < 1.29 is 18.9 Å². The first-order valence-corrected chi connectivity index (χ1v) is 13.8. The van der Waals surface area contributed by atoms with Crippen molar-refractivity contribution in [3.8, 4) is 5.69 Å². The van der Waals surface area contributed by atoms with E-state index in [2.05, 4.69) is 19.1 Å². The molecule has 4 nitrogen and oxygen atoms in total. The maximum atomic E-state index is 13.7. The van der Waals surface area contributed by atoms with Gasteiger partial charge in [-0.1, -0.05) is 35.9 Å². The summed E-state index contributed by atoms with van der Waals surface area (Å²) in [5.41, 5.74) is 5.63. The number of rotatable bonds is 9. The molecule has 0 aliphatic heterocycles. The monoisotopic (exact) mass is 536 g/mol. The first kappa shape index (κ1) is 26.1. The van der Waals surface area contributed by atoms with Crippen LogP contribution in [0.5, 0.6) is 0 Å². The summed E-state index contributed by atoms with van der Waals surface area (Å²) in [6, 6.07) is 19.2. The lowest BCUT2D eigenvalue weighted by Crippen LogP contribution is -2.31. The molecule has 2 heterocycles. The average molecular weight is 537 g/mol. The average Bonchev–Trinajstić information content (AvgIpc) is 3.22. The molecule has 0 aliphatic carbocycles. The SMILES string of the molecule is CCOC(=O)Cc1c(C(=O)c2ccc(Cl)cc2)sc(SCc2ccccc2C)c1-[n+]1ccc(C)cc1. The number of nitrogens with zero attached hydrogens (tertiary/aromatic N) is 1. The Morgan fingerprint density at radius 3 is 2.36 bits per heavy atom. The number of benzene rings is 2. The van der Waals surface area contributed by atoms with E-state index in [1.165, 1.54) is 22.5 Å². The molecule has 0 saturated carbocycles. The molecule has 7 heteroatoms. The topological polar surface area (TPSA) is 47.3 Å². The maximum Gasteiger partial charge on any atom is 0.310 e. The van der Waals surface area contributed by atoms with E-state index in [0.29, 0.717) is 21.0 Å². The smallest absolute Gasteiger partial charge is 0.310 e. The Morgan fingerprint density at radius 2 is 1.69 bits per heavy atom. The van der Waals surface area contributed by atoms with Crippen LogP contribution in [0.25, 0.3) is 5.69 Å². The van der Waals surface area contributed by atoms with Crippen LogP contribution in [0, 0.1) is 13.8 Å². The lowest BCUT2D eigenvalue weighted by Gasteiger charge is -2.06. The Balaban J connectivity index is 1.85. The number of halogens is 1. The summed E-state index contributed by atoms with van der Waals surface area (Å²) in [6.45, 7) is 6.19. The van der Waals surface area contributed by atoms with Crippen LogP contribution in [-0.4, -0.2) is 18.4 Å². The number of thioether (sulfide) groups is 1. The number of hydrogen-bond acceptors (Lipinski definition) is 5. The predicted octanol–water partition coefficient (Wildman–Crippen LogP) is 6.92. The first-order chi connectivity index (χ1) is 17.4. The minimum atomic E-state index is -0.357. The van der Waals surface area contributed by atoms with Crippen LogP contribution in [0.3, 0.4) is 0 Å². The fourth-order valence-corrected chi connectivity index (χ4v) is 6.57. The molecule has 0 amide bonds. The van der Waals surface area contributed by atoms with Gasteiger partial charge < -0.3 is 4.74 Å². The Morgan fingerprint density at radius 1 is 1.00 bits per heavy atom. The summed E-state index contributed by atoms with van der Waals surface area (Å²) < 4.78 is 8.26. The Bertz CT molecular complexity index is 1380. The lowest BCUT2D eigenvalue weighted by molar-refractivity contribution is -0.598. The van der Waals surface area contributed by atoms with E-state index in [1.807, 2.05) is 48.1 Å². The third kappa shape index (κ3) is 6.06. The fraction of sp³-hybridized carbons (Fsp3) is 0.207. The van der Waals surface area contributed by atoms with Gasteiger partial charge in [-0.05, 0) is 61.7 Å². The van der Waals surface area contributed by atoms with Crippen molar-refractivity contribution >= 4 is 46.5 Å². The van der Waals surface area contributed by atoms with E-state index in [-0.39, 0.29) is 24.8 Å². The molecule has 4 aromatic rings. The molecule has 0 aliphatic rings. The van der Waals surface area contributed by atoms with E-state index >= 15 is 0 Å². The van der Waals surface area contributed by atoms with Crippen LogP contribution < -0.4 is 4.57 Å². The molecule has 0 radical (unpaired) electrons. The highest BCUT2D eigenvalue weighted by molar-refractivity contribution is 8.00. The zero-order chi connectivity index (χ0) is 25.7. The van der Waals surface area contributed by atoms with Crippen molar-refractivity contribution in [3.63, 3.8) is 0 Å². The largest absolute Gasteiger partial charge is 0.466 e. The Kier molecular flexibility index (Phi) is 8.62. The molecule has 36 heavy (non-hydrogen) atoms. The van der Waals surface area contributed by atoms with Gasteiger partial charge in [0.1, 0.15) is 4.21 Å². The van der Waals surface area contributed by atoms with Gasteiger partial charge in [0.25, 0.3) is 0 Å².